The maximum absolute atomic E-state index is 3.62. The first-order valence-electron chi connectivity index (χ1n) is 5.59. The van der Waals surface area contributed by atoms with Crippen LogP contribution in [0.4, 0.5) is 0 Å². The van der Waals surface area contributed by atoms with Crippen LogP contribution in [-0.2, 0) is 0 Å². The molecule has 0 spiro atoms. The van der Waals surface area contributed by atoms with Gasteiger partial charge in [-0.15, -0.1) is 11.3 Å². The Morgan fingerprint density at radius 2 is 2.43 bits per heavy atom. The highest BCUT2D eigenvalue weighted by Gasteiger charge is 2.38. The highest BCUT2D eigenvalue weighted by atomic mass is 32.1. The second kappa shape index (κ2) is 4.45. The van der Waals surface area contributed by atoms with E-state index >= 15 is 0 Å². The highest BCUT2D eigenvalue weighted by Crippen LogP contribution is 2.43. The van der Waals surface area contributed by atoms with Crippen molar-refractivity contribution in [3.8, 4) is 0 Å². The molecule has 3 atom stereocenters. The zero-order chi connectivity index (χ0) is 9.97. The van der Waals surface area contributed by atoms with Crippen LogP contribution in [0.15, 0.2) is 17.5 Å². The Labute approximate surface area is 90.5 Å². The Morgan fingerprint density at radius 3 is 3.00 bits per heavy atom. The first kappa shape index (κ1) is 10.2. The zero-order valence-corrected chi connectivity index (χ0v) is 9.81. The van der Waals surface area contributed by atoms with E-state index in [1.165, 1.54) is 19.4 Å². The van der Waals surface area contributed by atoms with Crippen LogP contribution in [-0.4, -0.2) is 12.6 Å². The molecule has 1 aliphatic rings. The Hall–Kier alpha value is -0.340. The molecule has 0 radical (unpaired) electrons. The first-order valence-corrected chi connectivity index (χ1v) is 6.47. The minimum Gasteiger partial charge on any atom is -0.314 e. The van der Waals surface area contributed by atoms with E-state index in [9.17, 15) is 0 Å². The smallest absolute Gasteiger partial charge is 0.0105 e. The monoisotopic (exact) mass is 209 g/mol. The summed E-state index contributed by atoms with van der Waals surface area (Å²) in [6.07, 6.45) is 2.58. The van der Waals surface area contributed by atoms with Crippen LogP contribution < -0.4 is 5.32 Å². The van der Waals surface area contributed by atoms with Gasteiger partial charge in [0.2, 0.25) is 0 Å². The van der Waals surface area contributed by atoms with Gasteiger partial charge in [-0.3, -0.25) is 0 Å². The molecular weight excluding hydrogens is 190 g/mol. The molecule has 1 nitrogen and oxygen atoms in total. The van der Waals surface area contributed by atoms with Gasteiger partial charge in [0.05, 0.1) is 0 Å². The van der Waals surface area contributed by atoms with Gasteiger partial charge in [0, 0.05) is 10.9 Å². The second-order valence-electron chi connectivity index (χ2n) is 4.28. The minimum absolute atomic E-state index is 0.766. The lowest BCUT2D eigenvalue weighted by Crippen LogP contribution is -2.47. The lowest BCUT2D eigenvalue weighted by Gasteiger charge is -2.43. The SMILES string of the molecule is CCCNC1CC(c2cccs2)C1C. The van der Waals surface area contributed by atoms with Crippen molar-refractivity contribution < 1.29 is 0 Å². The van der Waals surface area contributed by atoms with E-state index in [1.54, 1.807) is 4.88 Å². The van der Waals surface area contributed by atoms with Crippen molar-refractivity contribution in [3.05, 3.63) is 22.4 Å². The number of nitrogens with one attached hydrogen (secondary N) is 1. The third kappa shape index (κ3) is 1.86. The normalized spacial score (nSPS) is 31.4. The Balaban J connectivity index is 1.85. The lowest BCUT2D eigenvalue weighted by molar-refractivity contribution is 0.187. The van der Waals surface area contributed by atoms with Gasteiger partial charge in [0.25, 0.3) is 0 Å². The summed E-state index contributed by atoms with van der Waals surface area (Å²) in [4.78, 5) is 1.58. The van der Waals surface area contributed by atoms with Crippen LogP contribution in [0, 0.1) is 5.92 Å². The minimum atomic E-state index is 0.766. The fourth-order valence-electron chi connectivity index (χ4n) is 2.26. The van der Waals surface area contributed by atoms with E-state index in [0.717, 1.165) is 17.9 Å². The molecule has 14 heavy (non-hydrogen) atoms. The van der Waals surface area contributed by atoms with Crippen LogP contribution in [0.3, 0.4) is 0 Å². The fraction of sp³-hybridized carbons (Fsp3) is 0.667. The van der Waals surface area contributed by atoms with E-state index in [-0.39, 0.29) is 0 Å². The standard InChI is InChI=1S/C12H19NS/c1-3-6-13-11-8-10(9(11)2)12-5-4-7-14-12/h4-5,7,9-11,13H,3,6,8H2,1-2H3. The molecule has 3 unspecified atom stereocenters. The van der Waals surface area contributed by atoms with Crippen molar-refractivity contribution in [2.24, 2.45) is 5.92 Å². The van der Waals surface area contributed by atoms with Crippen molar-refractivity contribution in [2.45, 2.75) is 38.6 Å². The summed E-state index contributed by atoms with van der Waals surface area (Å²) in [5.74, 6) is 1.64. The average Bonchev–Trinajstić information content (AvgIpc) is 2.69. The maximum Gasteiger partial charge on any atom is 0.0105 e. The topological polar surface area (TPSA) is 12.0 Å². The average molecular weight is 209 g/mol. The van der Waals surface area contributed by atoms with E-state index in [4.69, 9.17) is 0 Å². The Morgan fingerprint density at radius 1 is 1.57 bits per heavy atom. The van der Waals surface area contributed by atoms with Crippen molar-refractivity contribution >= 4 is 11.3 Å². The molecule has 1 N–H and O–H groups in total. The Bertz CT molecular complexity index is 268. The number of rotatable bonds is 4. The molecule has 1 fully saturated rings. The summed E-state index contributed by atoms with van der Waals surface area (Å²) in [6, 6.07) is 5.21. The molecular formula is C12H19NS. The van der Waals surface area contributed by atoms with Crippen LogP contribution >= 0.6 is 11.3 Å². The maximum atomic E-state index is 3.62. The number of hydrogen-bond donors (Lipinski definition) is 1. The zero-order valence-electron chi connectivity index (χ0n) is 8.99. The van der Waals surface area contributed by atoms with Gasteiger partial charge in [-0.1, -0.05) is 19.9 Å². The van der Waals surface area contributed by atoms with E-state index in [0.29, 0.717) is 0 Å². The molecule has 1 aromatic rings. The molecule has 1 aromatic heterocycles. The predicted octanol–water partition coefficient (Wildman–Crippen LogP) is 3.24. The number of thiophene rings is 1. The third-order valence-electron chi connectivity index (χ3n) is 3.34. The van der Waals surface area contributed by atoms with Crippen LogP contribution in [0.2, 0.25) is 0 Å². The van der Waals surface area contributed by atoms with Gasteiger partial charge in [-0.25, -0.2) is 0 Å². The summed E-state index contributed by atoms with van der Waals surface area (Å²) in [6.45, 7) is 5.78. The van der Waals surface area contributed by atoms with Gasteiger partial charge >= 0.3 is 0 Å². The van der Waals surface area contributed by atoms with Gasteiger partial charge in [-0.2, -0.15) is 0 Å². The first-order chi connectivity index (χ1) is 6.83. The third-order valence-corrected chi connectivity index (χ3v) is 4.35. The van der Waals surface area contributed by atoms with Crippen molar-refractivity contribution in [2.75, 3.05) is 6.54 Å². The van der Waals surface area contributed by atoms with Gasteiger partial charge in [0.15, 0.2) is 0 Å². The van der Waals surface area contributed by atoms with Crippen LogP contribution in [0.25, 0.3) is 0 Å². The molecule has 1 heterocycles. The van der Waals surface area contributed by atoms with Crippen molar-refractivity contribution in [1.29, 1.82) is 0 Å². The van der Waals surface area contributed by atoms with Gasteiger partial charge < -0.3 is 5.32 Å². The van der Waals surface area contributed by atoms with Crippen LogP contribution in [0.1, 0.15) is 37.5 Å². The van der Waals surface area contributed by atoms with Crippen molar-refractivity contribution in [3.63, 3.8) is 0 Å². The molecule has 2 heteroatoms. The lowest BCUT2D eigenvalue weighted by atomic mass is 9.69. The Kier molecular flexibility index (Phi) is 3.24. The molecule has 78 valence electrons. The van der Waals surface area contributed by atoms with Gasteiger partial charge in [0.1, 0.15) is 0 Å². The summed E-state index contributed by atoms with van der Waals surface area (Å²) in [5, 5.41) is 5.80. The van der Waals surface area contributed by atoms with E-state index in [1.807, 2.05) is 11.3 Å². The summed E-state index contributed by atoms with van der Waals surface area (Å²) in [5.41, 5.74) is 0. The molecule has 0 bridgehead atoms. The quantitative estimate of drug-likeness (QED) is 0.802. The summed E-state index contributed by atoms with van der Waals surface area (Å²) in [7, 11) is 0. The molecule has 2 rings (SSSR count). The molecule has 0 aromatic carbocycles. The molecule has 1 saturated carbocycles. The van der Waals surface area contributed by atoms with E-state index < -0.39 is 0 Å². The highest BCUT2D eigenvalue weighted by molar-refractivity contribution is 7.10. The van der Waals surface area contributed by atoms with Crippen LogP contribution in [0.5, 0.6) is 0 Å². The molecule has 1 aliphatic carbocycles. The van der Waals surface area contributed by atoms with E-state index in [2.05, 4.69) is 36.7 Å². The molecule has 0 saturated heterocycles. The second-order valence-corrected chi connectivity index (χ2v) is 5.26. The largest absolute Gasteiger partial charge is 0.314 e. The summed E-state index contributed by atoms with van der Waals surface area (Å²) >= 11 is 1.91. The molecule has 0 aliphatic heterocycles. The molecule has 0 amide bonds. The number of hydrogen-bond acceptors (Lipinski definition) is 2. The van der Waals surface area contributed by atoms with Gasteiger partial charge in [-0.05, 0) is 42.7 Å². The predicted molar refractivity (Wildman–Crippen MR) is 62.9 cm³/mol. The fourth-order valence-corrected chi connectivity index (χ4v) is 3.22. The van der Waals surface area contributed by atoms with Crippen molar-refractivity contribution in [1.82, 2.24) is 5.32 Å². The summed E-state index contributed by atoms with van der Waals surface area (Å²) < 4.78 is 0.